The second-order valence-electron chi connectivity index (χ2n) is 3.56. The largest absolute Gasteiger partial charge is 0.271 e. The van der Waals surface area contributed by atoms with Gasteiger partial charge in [0.2, 0.25) is 0 Å². The topological polar surface area (TPSA) is 38.0 Å². The Balaban J connectivity index is 2.43. The second-order valence-corrected chi connectivity index (χ2v) is 6.06. The second kappa shape index (κ2) is 6.17. The number of thioether (sulfide) groups is 2. The van der Waals surface area contributed by atoms with E-state index in [4.69, 9.17) is 5.84 Å². The van der Waals surface area contributed by atoms with Crippen LogP contribution in [0.25, 0.3) is 0 Å². The summed E-state index contributed by atoms with van der Waals surface area (Å²) in [5.74, 6) is 10.1. The maximum atomic E-state index is 5.61. The molecule has 3 atom stereocenters. The molecule has 4 heteroatoms. The Morgan fingerprint density at radius 2 is 2.31 bits per heavy atom. The number of rotatable bonds is 4. The van der Waals surface area contributed by atoms with Gasteiger partial charge in [-0.15, -0.1) is 0 Å². The molecular formula is C9H20N2S2. The molecule has 0 spiro atoms. The van der Waals surface area contributed by atoms with Gasteiger partial charge in [-0.25, -0.2) is 0 Å². The van der Waals surface area contributed by atoms with Crippen molar-refractivity contribution in [3.05, 3.63) is 0 Å². The Kier molecular flexibility index (Phi) is 5.55. The predicted molar refractivity (Wildman–Crippen MR) is 64.1 cm³/mol. The summed E-state index contributed by atoms with van der Waals surface area (Å²) in [7, 11) is 0. The molecule has 0 aliphatic carbocycles. The molecule has 0 amide bonds. The van der Waals surface area contributed by atoms with Crippen LogP contribution in [-0.2, 0) is 0 Å². The van der Waals surface area contributed by atoms with Crippen LogP contribution >= 0.6 is 23.5 Å². The molecule has 3 N–H and O–H groups in total. The molecule has 2 nitrogen and oxygen atoms in total. The van der Waals surface area contributed by atoms with Crippen LogP contribution in [0.1, 0.15) is 20.3 Å². The van der Waals surface area contributed by atoms with E-state index < -0.39 is 0 Å². The van der Waals surface area contributed by atoms with Crippen molar-refractivity contribution in [2.24, 2.45) is 11.8 Å². The van der Waals surface area contributed by atoms with E-state index in [1.165, 1.54) is 23.7 Å². The van der Waals surface area contributed by atoms with E-state index in [1.807, 2.05) is 0 Å². The summed E-state index contributed by atoms with van der Waals surface area (Å²) in [5.41, 5.74) is 2.99. The minimum absolute atomic E-state index is 0.489. The highest BCUT2D eigenvalue weighted by Crippen LogP contribution is 2.29. The van der Waals surface area contributed by atoms with Crippen LogP contribution in [0.3, 0.4) is 0 Å². The molecule has 1 heterocycles. The van der Waals surface area contributed by atoms with E-state index in [2.05, 4.69) is 42.8 Å². The fourth-order valence-corrected chi connectivity index (χ4v) is 4.60. The maximum Gasteiger partial charge on any atom is 0.0362 e. The molecule has 0 aromatic carbocycles. The number of nitrogens with one attached hydrogen (secondary N) is 1. The Hall–Kier alpha value is 0.620. The highest BCUT2D eigenvalue weighted by molar-refractivity contribution is 8.06. The first-order valence-electron chi connectivity index (χ1n) is 4.95. The molecule has 1 aliphatic heterocycles. The lowest BCUT2D eigenvalue weighted by molar-refractivity contribution is 0.372. The van der Waals surface area contributed by atoms with Gasteiger partial charge in [0.1, 0.15) is 0 Å². The fourth-order valence-electron chi connectivity index (χ4n) is 1.61. The quantitative estimate of drug-likeness (QED) is 0.559. The van der Waals surface area contributed by atoms with E-state index in [1.54, 1.807) is 0 Å². The van der Waals surface area contributed by atoms with E-state index in [0.717, 1.165) is 0 Å². The van der Waals surface area contributed by atoms with Crippen molar-refractivity contribution in [1.82, 2.24) is 5.43 Å². The molecule has 78 valence electrons. The van der Waals surface area contributed by atoms with E-state index in [-0.39, 0.29) is 0 Å². The van der Waals surface area contributed by atoms with Gasteiger partial charge >= 0.3 is 0 Å². The van der Waals surface area contributed by atoms with Crippen molar-refractivity contribution in [3.8, 4) is 0 Å². The monoisotopic (exact) mass is 220 g/mol. The van der Waals surface area contributed by atoms with E-state index >= 15 is 0 Å². The van der Waals surface area contributed by atoms with Crippen molar-refractivity contribution in [3.63, 3.8) is 0 Å². The van der Waals surface area contributed by atoms with Crippen molar-refractivity contribution in [2.45, 2.75) is 31.6 Å². The third-order valence-electron chi connectivity index (χ3n) is 2.69. The number of nitrogens with two attached hydrogens (primary N) is 1. The molecule has 1 saturated heterocycles. The summed E-state index contributed by atoms with van der Waals surface area (Å²) < 4.78 is 0. The highest BCUT2D eigenvalue weighted by Gasteiger charge is 2.27. The molecule has 13 heavy (non-hydrogen) atoms. The van der Waals surface area contributed by atoms with Gasteiger partial charge in [0.15, 0.2) is 0 Å². The zero-order chi connectivity index (χ0) is 9.68. The predicted octanol–water partition coefficient (Wildman–Crippen LogP) is 1.71. The van der Waals surface area contributed by atoms with Gasteiger partial charge in [-0.05, 0) is 5.92 Å². The standard InChI is InChI=1S/C9H20N2S2/c1-3-7(2)9(11-10)8-6-12-4-5-13-8/h7-9,11H,3-6,10H2,1-2H3. The molecule has 3 unspecified atom stereocenters. The van der Waals surface area contributed by atoms with Gasteiger partial charge in [-0.1, -0.05) is 20.3 Å². The molecule has 1 aliphatic rings. The van der Waals surface area contributed by atoms with Crippen molar-refractivity contribution >= 4 is 23.5 Å². The number of hydrogen-bond donors (Lipinski definition) is 2. The van der Waals surface area contributed by atoms with Gasteiger partial charge in [0.05, 0.1) is 0 Å². The summed E-state index contributed by atoms with van der Waals surface area (Å²) in [4.78, 5) is 0. The van der Waals surface area contributed by atoms with E-state index in [0.29, 0.717) is 17.2 Å². The number of hydrazine groups is 1. The first kappa shape index (κ1) is 11.7. The average molecular weight is 220 g/mol. The van der Waals surface area contributed by atoms with Crippen molar-refractivity contribution < 1.29 is 0 Å². The molecule has 0 saturated carbocycles. The first-order valence-corrected chi connectivity index (χ1v) is 7.15. The lowest BCUT2D eigenvalue weighted by Gasteiger charge is -2.32. The normalized spacial score (nSPS) is 28.4. The van der Waals surface area contributed by atoms with Crippen LogP contribution in [0.5, 0.6) is 0 Å². The fraction of sp³-hybridized carbons (Fsp3) is 1.00. The van der Waals surface area contributed by atoms with E-state index in [9.17, 15) is 0 Å². The minimum atomic E-state index is 0.489. The third kappa shape index (κ3) is 3.35. The zero-order valence-electron chi connectivity index (χ0n) is 8.45. The van der Waals surface area contributed by atoms with Crippen molar-refractivity contribution in [1.29, 1.82) is 0 Å². The van der Waals surface area contributed by atoms with Crippen LogP contribution in [0.4, 0.5) is 0 Å². The molecule has 0 radical (unpaired) electrons. The van der Waals surface area contributed by atoms with Gasteiger partial charge in [0, 0.05) is 28.6 Å². The molecule has 0 bridgehead atoms. The zero-order valence-corrected chi connectivity index (χ0v) is 10.1. The van der Waals surface area contributed by atoms with Crippen molar-refractivity contribution in [2.75, 3.05) is 17.3 Å². The maximum absolute atomic E-state index is 5.61. The molecule has 0 aromatic heterocycles. The molecule has 1 rings (SSSR count). The van der Waals surface area contributed by atoms with Gasteiger partial charge in [-0.2, -0.15) is 23.5 Å². The van der Waals surface area contributed by atoms with Gasteiger partial charge in [0.25, 0.3) is 0 Å². The third-order valence-corrected chi connectivity index (χ3v) is 5.58. The molecule has 1 fully saturated rings. The summed E-state index contributed by atoms with van der Waals surface area (Å²) >= 11 is 4.13. The summed E-state index contributed by atoms with van der Waals surface area (Å²) in [6.45, 7) is 4.51. The van der Waals surface area contributed by atoms with Gasteiger partial charge < -0.3 is 0 Å². The van der Waals surface area contributed by atoms with Gasteiger partial charge in [-0.3, -0.25) is 11.3 Å². The average Bonchev–Trinajstić information content (AvgIpc) is 2.20. The first-order chi connectivity index (χ1) is 6.29. The SMILES string of the molecule is CCC(C)C(NN)C1CSCCS1. The molecular weight excluding hydrogens is 200 g/mol. The van der Waals surface area contributed by atoms with Crippen LogP contribution in [-0.4, -0.2) is 28.6 Å². The smallest absolute Gasteiger partial charge is 0.0362 e. The summed E-state index contributed by atoms with van der Waals surface area (Å²) in [5, 5.41) is 0.707. The summed E-state index contributed by atoms with van der Waals surface area (Å²) in [6.07, 6.45) is 1.20. The Bertz CT molecular complexity index is 138. The van der Waals surface area contributed by atoms with Crippen LogP contribution in [0.2, 0.25) is 0 Å². The minimum Gasteiger partial charge on any atom is -0.271 e. The number of hydrogen-bond acceptors (Lipinski definition) is 4. The molecule has 0 aromatic rings. The van der Waals surface area contributed by atoms with Crippen LogP contribution in [0.15, 0.2) is 0 Å². The Morgan fingerprint density at radius 1 is 1.54 bits per heavy atom. The van der Waals surface area contributed by atoms with Crippen LogP contribution < -0.4 is 11.3 Å². The Labute approximate surface area is 89.8 Å². The summed E-state index contributed by atoms with van der Waals surface area (Å²) in [6, 6.07) is 0.489. The van der Waals surface area contributed by atoms with Crippen LogP contribution in [0, 0.1) is 5.92 Å². The highest BCUT2D eigenvalue weighted by atomic mass is 32.2. The Morgan fingerprint density at radius 3 is 2.77 bits per heavy atom. The lowest BCUT2D eigenvalue weighted by Crippen LogP contribution is -2.48. The lowest BCUT2D eigenvalue weighted by atomic mass is 9.97.